The van der Waals surface area contributed by atoms with E-state index in [1.807, 2.05) is 25.3 Å². The van der Waals surface area contributed by atoms with Crippen molar-refractivity contribution in [2.24, 2.45) is 0 Å². The number of carbonyl (C=O) groups excluding carboxylic acids is 1. The number of thiazole rings is 1. The van der Waals surface area contributed by atoms with Crippen LogP contribution in [-0.4, -0.2) is 37.3 Å². The molecule has 0 aliphatic rings. The van der Waals surface area contributed by atoms with E-state index in [9.17, 15) is 13.2 Å². The van der Waals surface area contributed by atoms with Crippen LogP contribution in [0.5, 0.6) is 0 Å². The molecule has 0 aliphatic heterocycles. The second-order valence-electron chi connectivity index (χ2n) is 5.22. The lowest BCUT2D eigenvalue weighted by Crippen LogP contribution is -2.30. The number of nitrogens with one attached hydrogen (secondary N) is 1. The molecule has 0 aliphatic carbocycles. The molecule has 0 bridgehead atoms. The number of hydrogen-bond donors (Lipinski definition) is 1. The van der Waals surface area contributed by atoms with Gasteiger partial charge in [-0.05, 0) is 49.6 Å². The van der Waals surface area contributed by atoms with Crippen molar-refractivity contribution >= 4 is 53.3 Å². The number of fused-ring (bicyclic) bond motifs is 1. The summed E-state index contributed by atoms with van der Waals surface area (Å²) < 4.78 is 28.4. The SMILES string of the molecule is CCN(CC)C(=O)c1ccc(S(=O)(=O)Nc2nc3ccsc3s2)cc1. The minimum Gasteiger partial charge on any atom is -0.339 e. The Morgan fingerprint density at radius 2 is 1.84 bits per heavy atom. The van der Waals surface area contributed by atoms with E-state index in [-0.39, 0.29) is 10.8 Å². The van der Waals surface area contributed by atoms with Gasteiger partial charge in [-0.15, -0.1) is 11.3 Å². The minimum atomic E-state index is -3.74. The van der Waals surface area contributed by atoms with E-state index < -0.39 is 10.0 Å². The van der Waals surface area contributed by atoms with Crippen LogP contribution < -0.4 is 4.72 Å². The third-order valence-electron chi connectivity index (χ3n) is 3.71. The van der Waals surface area contributed by atoms with Gasteiger partial charge in [-0.2, -0.15) is 0 Å². The number of benzene rings is 1. The van der Waals surface area contributed by atoms with Crippen LogP contribution >= 0.6 is 22.7 Å². The van der Waals surface area contributed by atoms with Crippen LogP contribution in [-0.2, 0) is 10.0 Å². The summed E-state index contributed by atoms with van der Waals surface area (Å²) in [6, 6.07) is 7.80. The monoisotopic (exact) mass is 395 g/mol. The van der Waals surface area contributed by atoms with Crippen LogP contribution in [0, 0.1) is 0 Å². The average molecular weight is 396 g/mol. The zero-order valence-corrected chi connectivity index (χ0v) is 16.2. The summed E-state index contributed by atoms with van der Waals surface area (Å²) in [6.07, 6.45) is 0. The maximum atomic E-state index is 12.5. The van der Waals surface area contributed by atoms with Crippen LogP contribution in [0.25, 0.3) is 9.53 Å². The van der Waals surface area contributed by atoms with Crippen molar-refractivity contribution in [1.82, 2.24) is 9.88 Å². The molecule has 1 amide bonds. The molecule has 0 radical (unpaired) electrons. The van der Waals surface area contributed by atoms with Crippen LogP contribution in [0.3, 0.4) is 0 Å². The first-order chi connectivity index (χ1) is 11.9. The first-order valence-corrected chi connectivity index (χ1v) is 10.9. The molecule has 0 spiro atoms. The zero-order valence-electron chi connectivity index (χ0n) is 13.7. The summed E-state index contributed by atoms with van der Waals surface area (Å²) in [5.41, 5.74) is 1.25. The molecule has 1 aromatic carbocycles. The largest absolute Gasteiger partial charge is 0.339 e. The van der Waals surface area contributed by atoms with Crippen LogP contribution in [0.2, 0.25) is 0 Å². The highest BCUT2D eigenvalue weighted by Crippen LogP contribution is 2.31. The molecular weight excluding hydrogens is 378 g/mol. The molecule has 0 fully saturated rings. The minimum absolute atomic E-state index is 0.0992. The Kier molecular flexibility index (Phi) is 5.07. The van der Waals surface area contributed by atoms with Crippen LogP contribution in [0.1, 0.15) is 24.2 Å². The Hall–Kier alpha value is -1.97. The summed E-state index contributed by atoms with van der Waals surface area (Å²) in [7, 11) is -3.74. The number of thiophene rings is 1. The van der Waals surface area contributed by atoms with Gasteiger partial charge in [0.05, 0.1) is 10.4 Å². The molecule has 6 nitrogen and oxygen atoms in total. The Bertz CT molecular complexity index is 958. The second kappa shape index (κ2) is 7.11. The number of sulfonamides is 1. The number of hydrogen-bond acceptors (Lipinski definition) is 6. The molecule has 3 aromatic rings. The lowest BCUT2D eigenvalue weighted by atomic mass is 10.2. The summed E-state index contributed by atoms with van der Waals surface area (Å²) in [5, 5.41) is 2.25. The van der Waals surface area contributed by atoms with E-state index in [1.54, 1.807) is 4.90 Å². The Morgan fingerprint density at radius 3 is 2.44 bits per heavy atom. The molecule has 0 atom stereocenters. The third kappa shape index (κ3) is 3.68. The molecule has 25 heavy (non-hydrogen) atoms. The molecule has 2 heterocycles. The number of amides is 1. The third-order valence-corrected chi connectivity index (χ3v) is 7.20. The fourth-order valence-electron chi connectivity index (χ4n) is 2.36. The molecule has 0 saturated heterocycles. The van der Waals surface area contributed by atoms with Gasteiger partial charge < -0.3 is 4.90 Å². The van der Waals surface area contributed by atoms with E-state index in [2.05, 4.69) is 9.71 Å². The Labute approximate surface area is 154 Å². The van der Waals surface area contributed by atoms with Gasteiger partial charge in [0.2, 0.25) is 0 Å². The smallest absolute Gasteiger partial charge is 0.263 e. The van der Waals surface area contributed by atoms with Gasteiger partial charge in [-0.25, -0.2) is 13.4 Å². The molecule has 0 unspecified atom stereocenters. The number of anilines is 1. The van der Waals surface area contributed by atoms with Crippen molar-refractivity contribution in [2.45, 2.75) is 18.7 Å². The Balaban J connectivity index is 1.80. The van der Waals surface area contributed by atoms with Crippen molar-refractivity contribution in [3.8, 4) is 0 Å². The lowest BCUT2D eigenvalue weighted by Gasteiger charge is -2.18. The van der Waals surface area contributed by atoms with Gasteiger partial charge in [-0.1, -0.05) is 11.3 Å². The molecule has 0 saturated carbocycles. The molecule has 2 aromatic heterocycles. The Morgan fingerprint density at radius 1 is 1.16 bits per heavy atom. The molecule has 132 valence electrons. The number of rotatable bonds is 6. The average Bonchev–Trinajstić information content (AvgIpc) is 3.17. The van der Waals surface area contributed by atoms with Crippen molar-refractivity contribution < 1.29 is 13.2 Å². The van der Waals surface area contributed by atoms with E-state index in [0.717, 1.165) is 9.53 Å². The molecule has 3 rings (SSSR count). The van der Waals surface area contributed by atoms with Crippen molar-refractivity contribution in [1.29, 1.82) is 0 Å². The summed E-state index contributed by atoms with van der Waals surface area (Å²) in [5.74, 6) is -0.109. The summed E-state index contributed by atoms with van der Waals surface area (Å²) in [4.78, 5) is 18.3. The first-order valence-electron chi connectivity index (χ1n) is 7.70. The maximum absolute atomic E-state index is 12.5. The van der Waals surface area contributed by atoms with Gasteiger partial charge in [0.15, 0.2) is 5.13 Å². The number of nitrogens with zero attached hydrogens (tertiary/aromatic N) is 2. The molecular formula is C16H17N3O3S3. The quantitative estimate of drug-likeness (QED) is 0.691. The summed E-state index contributed by atoms with van der Waals surface area (Å²) >= 11 is 2.82. The van der Waals surface area contributed by atoms with Crippen LogP contribution in [0.15, 0.2) is 40.6 Å². The molecule has 9 heteroatoms. The second-order valence-corrected chi connectivity index (χ2v) is 9.08. The summed E-state index contributed by atoms with van der Waals surface area (Å²) in [6.45, 7) is 5.03. The molecule has 1 N–H and O–H groups in total. The highest BCUT2D eigenvalue weighted by molar-refractivity contribution is 7.93. The van der Waals surface area contributed by atoms with Crippen molar-refractivity contribution in [3.63, 3.8) is 0 Å². The van der Waals surface area contributed by atoms with Gasteiger partial charge in [0, 0.05) is 18.7 Å². The van der Waals surface area contributed by atoms with Gasteiger partial charge >= 0.3 is 0 Å². The fraction of sp³-hybridized carbons (Fsp3) is 0.250. The standard InChI is InChI=1S/C16H17N3O3S3/c1-3-19(4-2)14(20)11-5-7-12(8-6-11)25(21,22)18-16-17-13-9-10-23-15(13)24-16/h5-10H,3-4H2,1-2H3,(H,17,18). The van der Waals surface area contributed by atoms with Crippen molar-refractivity contribution in [2.75, 3.05) is 17.8 Å². The van der Waals surface area contributed by atoms with Gasteiger partial charge in [0.25, 0.3) is 15.9 Å². The fourth-order valence-corrected chi connectivity index (χ4v) is 5.43. The predicted molar refractivity (Wildman–Crippen MR) is 102 cm³/mol. The predicted octanol–water partition coefficient (Wildman–Crippen LogP) is 3.64. The highest BCUT2D eigenvalue weighted by Gasteiger charge is 2.18. The first kappa shape index (κ1) is 17.8. The van der Waals surface area contributed by atoms with Crippen molar-refractivity contribution in [3.05, 3.63) is 41.3 Å². The normalized spacial score (nSPS) is 11.6. The number of carbonyl (C=O) groups is 1. The van der Waals surface area contributed by atoms with E-state index in [1.165, 1.54) is 46.9 Å². The van der Waals surface area contributed by atoms with E-state index in [0.29, 0.717) is 23.8 Å². The maximum Gasteiger partial charge on any atom is 0.263 e. The highest BCUT2D eigenvalue weighted by atomic mass is 32.2. The van der Waals surface area contributed by atoms with E-state index >= 15 is 0 Å². The van der Waals surface area contributed by atoms with Gasteiger partial charge in [0.1, 0.15) is 4.01 Å². The van der Waals surface area contributed by atoms with Gasteiger partial charge in [-0.3, -0.25) is 9.52 Å². The van der Waals surface area contributed by atoms with E-state index in [4.69, 9.17) is 0 Å². The zero-order chi connectivity index (χ0) is 18.0. The number of aromatic nitrogens is 1. The topological polar surface area (TPSA) is 79.4 Å². The van der Waals surface area contributed by atoms with Crippen LogP contribution in [0.4, 0.5) is 5.13 Å². The lowest BCUT2D eigenvalue weighted by molar-refractivity contribution is 0.0773.